The number of pyridine rings is 1. The first-order chi connectivity index (χ1) is 12.0. The van der Waals surface area contributed by atoms with E-state index in [9.17, 15) is 14.6 Å². The Balaban J connectivity index is 2.26. The van der Waals surface area contributed by atoms with Gasteiger partial charge in [-0.1, -0.05) is 6.92 Å². The summed E-state index contributed by atoms with van der Waals surface area (Å²) in [6.07, 6.45) is 1.56. The molecule has 1 heterocycles. The lowest BCUT2D eigenvalue weighted by molar-refractivity contribution is -0.0267. The molecule has 1 aliphatic rings. The average Bonchev–Trinajstić information content (AvgIpc) is 3.33. The predicted octanol–water partition coefficient (Wildman–Crippen LogP) is 3.20. The fraction of sp³-hybridized carbons (Fsp3) is 0.450. The number of hydrogen-bond donors (Lipinski definition) is 3. The number of nitrogens with zero attached hydrogens (tertiary/aromatic N) is 1. The summed E-state index contributed by atoms with van der Waals surface area (Å²) in [5, 5.41) is 21.7. The molecule has 1 aliphatic carbocycles. The monoisotopic (exact) mass is 362 g/mol. The Labute approximate surface area is 151 Å². The molecular formula is C20H24F2N2O2. The van der Waals surface area contributed by atoms with E-state index in [-0.39, 0.29) is 23.5 Å². The predicted molar refractivity (Wildman–Crippen MR) is 95.1 cm³/mol. The quantitative estimate of drug-likeness (QED) is 0.763. The lowest BCUT2D eigenvalue weighted by atomic mass is 9.80. The molecule has 6 heteroatoms. The van der Waals surface area contributed by atoms with Gasteiger partial charge in [0.25, 0.3) is 0 Å². The van der Waals surface area contributed by atoms with Crippen LogP contribution in [-0.2, 0) is 11.2 Å². The summed E-state index contributed by atoms with van der Waals surface area (Å²) < 4.78 is 28.4. The van der Waals surface area contributed by atoms with Crippen LogP contribution in [0.5, 0.6) is 0 Å². The molecule has 1 unspecified atom stereocenters. The minimum Gasteiger partial charge on any atom is -0.386 e. The molecule has 140 valence electrons. The first kappa shape index (κ1) is 18.9. The molecule has 1 saturated carbocycles. The van der Waals surface area contributed by atoms with Crippen LogP contribution in [0.3, 0.4) is 0 Å². The van der Waals surface area contributed by atoms with Crippen molar-refractivity contribution in [3.05, 3.63) is 53.2 Å². The standard InChI is InChI=1S/C20H24F2N2O2/c1-18(2,25)14-10-15(20(26,11-23)19(3)8-9-19)24-17(16(14)22)12-4-6-13(21)7-5-12/h4-7,10,25-26H,8-9,11,23H2,1-3H3. The van der Waals surface area contributed by atoms with E-state index in [0.29, 0.717) is 5.56 Å². The molecule has 2 aromatic rings. The van der Waals surface area contributed by atoms with Crippen molar-refractivity contribution in [2.75, 3.05) is 6.54 Å². The van der Waals surface area contributed by atoms with Gasteiger partial charge in [-0.05, 0) is 57.0 Å². The molecular weight excluding hydrogens is 338 g/mol. The molecule has 1 aromatic carbocycles. The van der Waals surface area contributed by atoms with Crippen molar-refractivity contribution in [2.24, 2.45) is 11.1 Å². The minimum absolute atomic E-state index is 0.0120. The van der Waals surface area contributed by atoms with Crippen LogP contribution in [0.1, 0.15) is 44.9 Å². The maximum absolute atomic E-state index is 15.1. The van der Waals surface area contributed by atoms with Crippen LogP contribution in [0, 0.1) is 17.0 Å². The van der Waals surface area contributed by atoms with E-state index < -0.39 is 28.3 Å². The first-order valence-electron chi connectivity index (χ1n) is 8.64. The highest BCUT2D eigenvalue weighted by molar-refractivity contribution is 5.62. The Kier molecular flexibility index (Phi) is 4.42. The van der Waals surface area contributed by atoms with Crippen molar-refractivity contribution in [3.8, 4) is 11.3 Å². The lowest BCUT2D eigenvalue weighted by Crippen LogP contribution is -2.43. The molecule has 0 radical (unpaired) electrons. The summed E-state index contributed by atoms with van der Waals surface area (Å²) in [6, 6.07) is 6.64. The number of aromatic nitrogens is 1. The highest BCUT2D eigenvalue weighted by atomic mass is 19.1. The second-order valence-corrected chi connectivity index (χ2v) is 7.91. The van der Waals surface area contributed by atoms with Crippen LogP contribution >= 0.6 is 0 Å². The number of benzene rings is 1. The first-order valence-corrected chi connectivity index (χ1v) is 8.64. The zero-order valence-electron chi connectivity index (χ0n) is 15.2. The van der Waals surface area contributed by atoms with Gasteiger partial charge in [-0.3, -0.25) is 0 Å². The normalized spacial score (nSPS) is 18.5. The molecule has 1 fully saturated rings. The van der Waals surface area contributed by atoms with Gasteiger partial charge < -0.3 is 15.9 Å². The largest absolute Gasteiger partial charge is 0.386 e. The summed E-state index contributed by atoms with van der Waals surface area (Å²) in [4.78, 5) is 4.36. The van der Waals surface area contributed by atoms with Crippen LogP contribution in [0.2, 0.25) is 0 Å². The van der Waals surface area contributed by atoms with E-state index >= 15 is 4.39 Å². The second-order valence-electron chi connectivity index (χ2n) is 7.91. The van der Waals surface area contributed by atoms with Crippen molar-refractivity contribution >= 4 is 0 Å². The number of aliphatic hydroxyl groups is 2. The van der Waals surface area contributed by atoms with Gasteiger partial charge in [0.2, 0.25) is 0 Å². The van der Waals surface area contributed by atoms with Crippen molar-refractivity contribution in [3.63, 3.8) is 0 Å². The van der Waals surface area contributed by atoms with E-state index in [1.807, 2.05) is 6.92 Å². The van der Waals surface area contributed by atoms with Gasteiger partial charge in [0, 0.05) is 23.1 Å². The maximum Gasteiger partial charge on any atom is 0.155 e. The van der Waals surface area contributed by atoms with Crippen LogP contribution in [0.15, 0.2) is 30.3 Å². The summed E-state index contributed by atoms with van der Waals surface area (Å²) in [7, 11) is 0. The number of halogens is 2. The van der Waals surface area contributed by atoms with Crippen molar-refractivity contribution in [1.29, 1.82) is 0 Å². The van der Waals surface area contributed by atoms with Crippen LogP contribution in [0.25, 0.3) is 11.3 Å². The number of rotatable bonds is 5. The number of nitrogens with two attached hydrogens (primary N) is 1. The summed E-state index contributed by atoms with van der Waals surface area (Å²) in [5.74, 6) is -1.15. The molecule has 0 spiro atoms. The Bertz CT molecular complexity index is 827. The molecule has 1 atom stereocenters. The van der Waals surface area contributed by atoms with Gasteiger partial charge in [-0.15, -0.1) is 0 Å². The zero-order valence-corrected chi connectivity index (χ0v) is 15.2. The molecule has 1 aromatic heterocycles. The third-order valence-corrected chi connectivity index (χ3v) is 5.45. The fourth-order valence-electron chi connectivity index (χ4n) is 3.25. The molecule has 0 amide bonds. The van der Waals surface area contributed by atoms with E-state index in [2.05, 4.69) is 4.98 Å². The molecule has 0 saturated heterocycles. The molecule has 0 bridgehead atoms. The Morgan fingerprint density at radius 2 is 1.73 bits per heavy atom. The molecule has 4 nitrogen and oxygen atoms in total. The highest BCUT2D eigenvalue weighted by Crippen LogP contribution is 2.57. The summed E-state index contributed by atoms with van der Waals surface area (Å²) in [6.45, 7) is 4.76. The maximum atomic E-state index is 15.1. The average molecular weight is 362 g/mol. The van der Waals surface area contributed by atoms with Gasteiger partial charge >= 0.3 is 0 Å². The van der Waals surface area contributed by atoms with Gasteiger partial charge in [0.05, 0.1) is 11.3 Å². The molecule has 3 rings (SSSR count). The molecule has 0 aliphatic heterocycles. The minimum atomic E-state index is -1.49. The fourth-order valence-corrected chi connectivity index (χ4v) is 3.25. The van der Waals surface area contributed by atoms with E-state index in [1.165, 1.54) is 44.2 Å². The van der Waals surface area contributed by atoms with Crippen molar-refractivity contribution < 1.29 is 19.0 Å². The smallest absolute Gasteiger partial charge is 0.155 e. The molecule has 26 heavy (non-hydrogen) atoms. The highest BCUT2D eigenvalue weighted by Gasteiger charge is 2.56. The topological polar surface area (TPSA) is 79.4 Å². The van der Waals surface area contributed by atoms with Crippen LogP contribution < -0.4 is 5.73 Å². The molecule has 4 N–H and O–H groups in total. The second kappa shape index (κ2) is 6.08. The summed E-state index contributed by atoms with van der Waals surface area (Å²) in [5.41, 5.74) is 3.05. The van der Waals surface area contributed by atoms with Crippen molar-refractivity contribution in [2.45, 2.75) is 44.8 Å². The lowest BCUT2D eigenvalue weighted by Gasteiger charge is -2.34. The van der Waals surface area contributed by atoms with Gasteiger partial charge in [-0.25, -0.2) is 13.8 Å². The van der Waals surface area contributed by atoms with Crippen LogP contribution in [0.4, 0.5) is 8.78 Å². The van der Waals surface area contributed by atoms with Crippen molar-refractivity contribution in [1.82, 2.24) is 4.98 Å². The Hall–Kier alpha value is -1.89. The van der Waals surface area contributed by atoms with E-state index in [4.69, 9.17) is 5.73 Å². The third kappa shape index (κ3) is 3.02. The Morgan fingerprint density at radius 1 is 1.15 bits per heavy atom. The SMILES string of the molecule is CC(C)(O)c1cc(C(O)(CN)C2(C)CC2)nc(-c2ccc(F)cc2)c1F. The summed E-state index contributed by atoms with van der Waals surface area (Å²) >= 11 is 0. The Morgan fingerprint density at radius 3 is 2.19 bits per heavy atom. The van der Waals surface area contributed by atoms with Crippen LogP contribution in [-0.4, -0.2) is 21.7 Å². The zero-order chi connectivity index (χ0) is 19.3. The van der Waals surface area contributed by atoms with Gasteiger partial charge in [0.1, 0.15) is 17.1 Å². The number of hydrogen-bond acceptors (Lipinski definition) is 4. The van der Waals surface area contributed by atoms with Gasteiger partial charge in [-0.2, -0.15) is 0 Å². The van der Waals surface area contributed by atoms with E-state index in [1.54, 1.807) is 0 Å². The third-order valence-electron chi connectivity index (χ3n) is 5.45. The van der Waals surface area contributed by atoms with E-state index in [0.717, 1.165) is 12.8 Å². The van der Waals surface area contributed by atoms with Gasteiger partial charge in [0.15, 0.2) is 5.82 Å².